The van der Waals surface area contributed by atoms with E-state index in [0.29, 0.717) is 17.7 Å². The first-order valence-corrected chi connectivity index (χ1v) is 8.46. The monoisotopic (exact) mass is 355 g/mol. The van der Waals surface area contributed by atoms with Crippen LogP contribution in [0.3, 0.4) is 0 Å². The van der Waals surface area contributed by atoms with E-state index in [1.54, 1.807) is 25.1 Å². The van der Waals surface area contributed by atoms with Crippen LogP contribution in [0.25, 0.3) is 0 Å². The first-order valence-electron chi connectivity index (χ1n) is 8.46. The van der Waals surface area contributed by atoms with Crippen LogP contribution in [-0.2, 0) is 16.1 Å². The Morgan fingerprint density at radius 3 is 2.65 bits per heavy atom. The number of halogens is 1. The molecule has 1 amide bonds. The van der Waals surface area contributed by atoms with Crippen molar-refractivity contribution >= 4 is 11.9 Å². The van der Waals surface area contributed by atoms with Crippen LogP contribution in [-0.4, -0.2) is 27.6 Å². The molecule has 0 spiro atoms. The maximum atomic E-state index is 13.2. The van der Waals surface area contributed by atoms with Crippen LogP contribution >= 0.6 is 0 Å². The van der Waals surface area contributed by atoms with Crippen molar-refractivity contribution in [3.8, 4) is 5.75 Å². The van der Waals surface area contributed by atoms with Crippen molar-refractivity contribution in [2.75, 3.05) is 0 Å². The van der Waals surface area contributed by atoms with Gasteiger partial charge in [0.1, 0.15) is 17.5 Å². The molecule has 0 unspecified atom stereocenters. The number of carboxylic acids is 1. The molecule has 1 N–H and O–H groups in total. The fraction of sp³-hybridized carbons (Fsp3) is 0.300. The largest absolute Gasteiger partial charge is 0.481 e. The number of ether oxygens (including phenoxy) is 1. The second-order valence-electron chi connectivity index (χ2n) is 6.99. The number of piperidine rings is 1. The number of nitrogens with zero attached hydrogens (tertiary/aromatic N) is 1. The molecule has 0 aliphatic carbocycles. The zero-order valence-electron chi connectivity index (χ0n) is 14.2. The number of para-hydroxylation sites is 1. The lowest BCUT2D eigenvalue weighted by molar-refractivity contribution is -0.181. The van der Waals surface area contributed by atoms with Gasteiger partial charge in [0.25, 0.3) is 0 Å². The fourth-order valence-electron chi connectivity index (χ4n) is 4.01. The van der Waals surface area contributed by atoms with E-state index in [9.17, 15) is 19.1 Å². The molecular weight excluding hydrogens is 337 g/mol. The lowest BCUT2D eigenvalue weighted by Gasteiger charge is -2.52. The summed E-state index contributed by atoms with van der Waals surface area (Å²) in [6.45, 7) is 1.96. The Morgan fingerprint density at radius 2 is 1.96 bits per heavy atom. The molecule has 0 saturated carbocycles. The van der Waals surface area contributed by atoms with E-state index in [1.165, 1.54) is 17.0 Å². The first kappa shape index (κ1) is 16.6. The van der Waals surface area contributed by atoms with E-state index >= 15 is 0 Å². The Kier molecular flexibility index (Phi) is 3.72. The highest BCUT2D eigenvalue weighted by atomic mass is 19.1. The third kappa shape index (κ3) is 2.53. The summed E-state index contributed by atoms with van der Waals surface area (Å²) in [7, 11) is 0. The minimum Gasteiger partial charge on any atom is -0.481 e. The van der Waals surface area contributed by atoms with Crippen LogP contribution < -0.4 is 4.74 Å². The van der Waals surface area contributed by atoms with Gasteiger partial charge in [0.05, 0.1) is 0 Å². The standard InChI is InChI=1S/C20H18FNO4/c1-20-10-15(14-4-2-3-5-16(14)26-20)17(19(24)25)18(23)22(20)11-12-6-8-13(21)9-7-12/h2-9,15,17H,10-11H2,1H3,(H,24,25)/t15-,17-,20-/m0/s1. The van der Waals surface area contributed by atoms with Crippen LogP contribution in [0.5, 0.6) is 5.75 Å². The number of hydrogen-bond acceptors (Lipinski definition) is 3. The molecule has 1 saturated heterocycles. The Balaban J connectivity index is 1.77. The lowest BCUT2D eigenvalue weighted by Crippen LogP contribution is -2.63. The summed E-state index contributed by atoms with van der Waals surface area (Å²) in [4.78, 5) is 26.4. The predicted octanol–water partition coefficient (Wildman–Crippen LogP) is 3.15. The van der Waals surface area contributed by atoms with Gasteiger partial charge >= 0.3 is 5.97 Å². The van der Waals surface area contributed by atoms with Gasteiger partial charge in [-0.15, -0.1) is 0 Å². The summed E-state index contributed by atoms with van der Waals surface area (Å²) < 4.78 is 19.3. The molecule has 0 radical (unpaired) electrons. The molecule has 2 bridgehead atoms. The summed E-state index contributed by atoms with van der Waals surface area (Å²) in [5.41, 5.74) is 0.523. The molecule has 5 nitrogen and oxygen atoms in total. The van der Waals surface area contributed by atoms with Crippen molar-refractivity contribution in [1.29, 1.82) is 0 Å². The normalized spacial score (nSPS) is 26.8. The van der Waals surface area contributed by atoms with Gasteiger partial charge in [0.15, 0.2) is 5.72 Å². The summed E-state index contributed by atoms with van der Waals surface area (Å²) in [5.74, 6) is -2.96. The van der Waals surface area contributed by atoms with Crippen LogP contribution in [0, 0.1) is 11.7 Å². The number of carboxylic acid groups (broad SMARTS) is 1. The van der Waals surface area contributed by atoms with Gasteiger partial charge in [0.2, 0.25) is 5.91 Å². The minimum absolute atomic E-state index is 0.161. The summed E-state index contributed by atoms with van der Waals surface area (Å²) in [5, 5.41) is 9.71. The summed E-state index contributed by atoms with van der Waals surface area (Å²) in [6, 6.07) is 13.1. The Morgan fingerprint density at radius 1 is 1.27 bits per heavy atom. The van der Waals surface area contributed by atoms with Crippen molar-refractivity contribution in [2.24, 2.45) is 5.92 Å². The van der Waals surface area contributed by atoms with Crippen molar-refractivity contribution in [1.82, 2.24) is 4.90 Å². The number of fused-ring (bicyclic) bond motifs is 4. The Hall–Kier alpha value is -2.89. The maximum absolute atomic E-state index is 13.2. The highest BCUT2D eigenvalue weighted by Gasteiger charge is 2.56. The Bertz CT molecular complexity index is 882. The van der Waals surface area contributed by atoms with Gasteiger partial charge in [-0.05, 0) is 36.2 Å². The number of hydrogen-bond donors (Lipinski definition) is 1. The van der Waals surface area contributed by atoms with Crippen molar-refractivity contribution < 1.29 is 23.8 Å². The van der Waals surface area contributed by atoms with Crippen LogP contribution in [0.1, 0.15) is 30.4 Å². The number of benzene rings is 2. The topological polar surface area (TPSA) is 66.8 Å². The van der Waals surface area contributed by atoms with E-state index < -0.39 is 29.4 Å². The molecule has 1 fully saturated rings. The first-order chi connectivity index (χ1) is 12.4. The van der Waals surface area contributed by atoms with Gasteiger partial charge in [-0.1, -0.05) is 30.3 Å². The minimum atomic E-state index is -1.16. The number of carbonyl (C=O) groups is 2. The second-order valence-corrected chi connectivity index (χ2v) is 6.99. The molecule has 2 aliphatic rings. The van der Waals surface area contributed by atoms with Crippen molar-refractivity contribution in [3.05, 3.63) is 65.5 Å². The molecule has 6 heteroatoms. The van der Waals surface area contributed by atoms with Gasteiger partial charge in [-0.25, -0.2) is 4.39 Å². The van der Waals surface area contributed by atoms with E-state index in [0.717, 1.165) is 5.56 Å². The summed E-state index contributed by atoms with van der Waals surface area (Å²) >= 11 is 0. The number of aliphatic carboxylic acids is 1. The molecule has 26 heavy (non-hydrogen) atoms. The maximum Gasteiger partial charge on any atom is 0.316 e. The highest BCUT2D eigenvalue weighted by molar-refractivity contribution is 5.99. The van der Waals surface area contributed by atoms with Gasteiger partial charge in [0, 0.05) is 18.9 Å². The number of rotatable bonds is 3. The van der Waals surface area contributed by atoms with Gasteiger partial charge in [-0.2, -0.15) is 0 Å². The SMILES string of the molecule is C[C@@]12C[C@@H](c3ccccc3O1)[C@H](C(=O)O)C(=O)N2Cc1ccc(F)cc1. The number of carbonyl (C=O) groups excluding carboxylic acids is 1. The summed E-state index contributed by atoms with van der Waals surface area (Å²) in [6.07, 6.45) is 0.397. The average Bonchev–Trinajstić information content (AvgIpc) is 2.59. The van der Waals surface area contributed by atoms with Crippen molar-refractivity contribution in [2.45, 2.75) is 31.5 Å². The van der Waals surface area contributed by atoms with Gasteiger partial charge in [-0.3, -0.25) is 14.5 Å². The van der Waals surface area contributed by atoms with E-state index in [2.05, 4.69) is 0 Å². The van der Waals surface area contributed by atoms with Crippen molar-refractivity contribution in [3.63, 3.8) is 0 Å². The zero-order valence-corrected chi connectivity index (χ0v) is 14.2. The van der Waals surface area contributed by atoms with Crippen LogP contribution in [0.4, 0.5) is 4.39 Å². The quantitative estimate of drug-likeness (QED) is 0.859. The molecule has 134 valence electrons. The molecule has 2 aromatic carbocycles. The smallest absolute Gasteiger partial charge is 0.316 e. The van der Waals surface area contributed by atoms with E-state index in [1.807, 2.05) is 18.2 Å². The van der Waals surface area contributed by atoms with E-state index in [-0.39, 0.29) is 12.4 Å². The lowest BCUT2D eigenvalue weighted by atomic mass is 9.73. The second kappa shape index (κ2) is 5.83. The molecular formula is C20H18FNO4. The van der Waals surface area contributed by atoms with Crippen LogP contribution in [0.15, 0.2) is 48.5 Å². The van der Waals surface area contributed by atoms with Gasteiger partial charge < -0.3 is 9.84 Å². The predicted molar refractivity (Wildman–Crippen MR) is 90.9 cm³/mol. The number of amides is 1. The molecule has 0 aromatic heterocycles. The van der Waals surface area contributed by atoms with E-state index in [4.69, 9.17) is 4.74 Å². The third-order valence-corrected chi connectivity index (χ3v) is 5.27. The zero-order chi connectivity index (χ0) is 18.5. The fourth-order valence-corrected chi connectivity index (χ4v) is 4.01. The average molecular weight is 355 g/mol. The van der Waals surface area contributed by atoms with Crippen LogP contribution in [0.2, 0.25) is 0 Å². The molecule has 2 aliphatic heterocycles. The third-order valence-electron chi connectivity index (χ3n) is 5.27. The molecule has 4 rings (SSSR count). The molecule has 3 atom stereocenters. The molecule has 2 aromatic rings. The molecule has 2 heterocycles. The Labute approximate surface area is 150 Å². The highest BCUT2D eigenvalue weighted by Crippen LogP contribution is 2.50. The number of likely N-dealkylation sites (tertiary alicyclic amines) is 1.